The van der Waals surface area contributed by atoms with Crippen LogP contribution in [0.15, 0.2) is 11.8 Å². The van der Waals surface area contributed by atoms with Crippen LogP contribution in [0.3, 0.4) is 0 Å². The number of ether oxygens (including phenoxy) is 1. The molecule has 12 heavy (non-hydrogen) atoms. The molecule has 68 valence electrons. The summed E-state index contributed by atoms with van der Waals surface area (Å²) in [5.74, 6) is -0.304. The summed E-state index contributed by atoms with van der Waals surface area (Å²) in [7, 11) is 0. The van der Waals surface area contributed by atoms with Gasteiger partial charge in [-0.25, -0.2) is 4.79 Å². The van der Waals surface area contributed by atoms with Crippen LogP contribution in [0, 0.1) is 0 Å². The first-order valence-corrected chi connectivity index (χ1v) is 4.33. The predicted molar refractivity (Wildman–Crippen MR) is 46.3 cm³/mol. The van der Waals surface area contributed by atoms with Crippen LogP contribution in [0.2, 0.25) is 0 Å². The monoisotopic (exact) mass is 169 g/mol. The normalized spacial score (nSPS) is 19.6. The molecule has 1 fully saturated rings. The Morgan fingerprint density at radius 1 is 1.50 bits per heavy atom. The van der Waals surface area contributed by atoms with E-state index in [9.17, 15) is 4.79 Å². The third-order valence-corrected chi connectivity index (χ3v) is 1.93. The second kappa shape index (κ2) is 4.14. The van der Waals surface area contributed by atoms with Gasteiger partial charge >= 0.3 is 5.97 Å². The number of allylic oxidation sites excluding steroid dienone is 1. The zero-order valence-corrected chi connectivity index (χ0v) is 7.38. The van der Waals surface area contributed by atoms with Gasteiger partial charge in [-0.2, -0.15) is 0 Å². The second-order valence-corrected chi connectivity index (χ2v) is 3.23. The third-order valence-electron chi connectivity index (χ3n) is 1.93. The summed E-state index contributed by atoms with van der Waals surface area (Å²) in [4.78, 5) is 11.0. The van der Waals surface area contributed by atoms with Gasteiger partial charge in [-0.1, -0.05) is 0 Å². The molecule has 0 saturated heterocycles. The molecule has 0 amide bonds. The average molecular weight is 169 g/mol. The van der Waals surface area contributed by atoms with Gasteiger partial charge in [-0.05, 0) is 32.6 Å². The van der Waals surface area contributed by atoms with Crippen molar-refractivity contribution in [1.82, 2.24) is 0 Å². The zero-order chi connectivity index (χ0) is 8.97. The first-order valence-electron chi connectivity index (χ1n) is 4.33. The van der Waals surface area contributed by atoms with Gasteiger partial charge in [-0.15, -0.1) is 0 Å². The Morgan fingerprint density at radius 3 is 2.58 bits per heavy atom. The number of rotatable bonds is 2. The van der Waals surface area contributed by atoms with E-state index in [0.29, 0.717) is 5.70 Å². The fourth-order valence-corrected chi connectivity index (χ4v) is 1.39. The molecule has 0 aromatic rings. The number of carbonyl (C=O) groups is 1. The number of esters is 1. The molecule has 0 aliphatic heterocycles. The van der Waals surface area contributed by atoms with E-state index in [1.165, 1.54) is 18.9 Å². The molecular formula is C9H15NO2. The minimum atomic E-state index is -0.304. The molecule has 0 aromatic carbocycles. The summed E-state index contributed by atoms with van der Waals surface area (Å²) in [6.07, 6.45) is 5.81. The molecular weight excluding hydrogens is 154 g/mol. The molecule has 1 rings (SSSR count). The van der Waals surface area contributed by atoms with Gasteiger partial charge in [0.05, 0.1) is 0 Å². The maximum Gasteiger partial charge on any atom is 0.332 e. The smallest absolute Gasteiger partial charge is 0.332 e. The molecule has 0 aromatic heterocycles. The van der Waals surface area contributed by atoms with Gasteiger partial charge in [0, 0.05) is 11.8 Å². The maximum absolute atomic E-state index is 11.0. The van der Waals surface area contributed by atoms with E-state index in [-0.39, 0.29) is 12.1 Å². The van der Waals surface area contributed by atoms with Crippen LogP contribution in [0.1, 0.15) is 32.6 Å². The molecule has 0 unspecified atom stereocenters. The summed E-state index contributed by atoms with van der Waals surface area (Å²) in [5.41, 5.74) is 5.83. The van der Waals surface area contributed by atoms with Crippen LogP contribution in [0.4, 0.5) is 0 Å². The number of hydrogen-bond donors (Lipinski definition) is 1. The van der Waals surface area contributed by atoms with Crippen LogP contribution in [0.5, 0.6) is 0 Å². The highest BCUT2D eigenvalue weighted by molar-refractivity contribution is 5.82. The van der Waals surface area contributed by atoms with E-state index < -0.39 is 0 Å². The Labute approximate surface area is 72.6 Å². The lowest BCUT2D eigenvalue weighted by Gasteiger charge is -2.08. The van der Waals surface area contributed by atoms with Crippen LogP contribution < -0.4 is 5.73 Å². The van der Waals surface area contributed by atoms with Crippen molar-refractivity contribution in [3.05, 3.63) is 11.8 Å². The van der Waals surface area contributed by atoms with Gasteiger partial charge in [0.1, 0.15) is 6.10 Å². The van der Waals surface area contributed by atoms with Gasteiger partial charge in [0.25, 0.3) is 0 Å². The topological polar surface area (TPSA) is 52.3 Å². The summed E-state index contributed by atoms with van der Waals surface area (Å²) >= 11 is 0. The molecule has 0 bridgehead atoms. The number of hydrogen-bond acceptors (Lipinski definition) is 3. The summed E-state index contributed by atoms with van der Waals surface area (Å²) in [5, 5.41) is 0. The van der Waals surface area contributed by atoms with Gasteiger partial charge in [0.15, 0.2) is 0 Å². The van der Waals surface area contributed by atoms with Crippen molar-refractivity contribution in [2.45, 2.75) is 38.7 Å². The lowest BCUT2D eigenvalue weighted by atomic mass is 10.3. The van der Waals surface area contributed by atoms with E-state index in [0.717, 1.165) is 12.8 Å². The zero-order valence-electron chi connectivity index (χ0n) is 7.38. The minimum absolute atomic E-state index is 0.132. The van der Waals surface area contributed by atoms with Crippen molar-refractivity contribution < 1.29 is 9.53 Å². The molecule has 1 saturated carbocycles. The lowest BCUT2D eigenvalue weighted by molar-refractivity contribution is -0.142. The van der Waals surface area contributed by atoms with Gasteiger partial charge in [-0.3, -0.25) is 0 Å². The Hall–Kier alpha value is -0.990. The van der Waals surface area contributed by atoms with E-state index in [1.807, 2.05) is 0 Å². The quantitative estimate of drug-likeness (QED) is 0.501. The molecule has 3 nitrogen and oxygen atoms in total. The largest absolute Gasteiger partial charge is 0.459 e. The lowest BCUT2D eigenvalue weighted by Crippen LogP contribution is -2.13. The molecule has 1 aliphatic rings. The fraction of sp³-hybridized carbons (Fsp3) is 0.667. The Kier molecular flexibility index (Phi) is 3.14. The Bertz CT molecular complexity index is 189. The van der Waals surface area contributed by atoms with Crippen LogP contribution >= 0.6 is 0 Å². The second-order valence-electron chi connectivity index (χ2n) is 3.23. The molecule has 2 N–H and O–H groups in total. The standard InChI is InChI=1S/C9H15NO2/c1-7(10)6-9(11)12-8-4-2-3-5-8/h6,8H,2-5,10H2,1H3/b7-6-. The average Bonchev–Trinajstić information content (AvgIpc) is 2.37. The van der Waals surface area contributed by atoms with Crippen molar-refractivity contribution >= 4 is 5.97 Å². The first-order chi connectivity index (χ1) is 5.68. The van der Waals surface area contributed by atoms with Crippen molar-refractivity contribution in [2.24, 2.45) is 5.73 Å². The maximum atomic E-state index is 11.0. The van der Waals surface area contributed by atoms with Crippen molar-refractivity contribution in [1.29, 1.82) is 0 Å². The SMILES string of the molecule is C/C(N)=C/C(=O)OC1CCCC1. The first kappa shape index (κ1) is 9.10. The molecule has 0 heterocycles. The Morgan fingerprint density at radius 2 is 2.08 bits per heavy atom. The van der Waals surface area contributed by atoms with E-state index in [2.05, 4.69) is 0 Å². The van der Waals surface area contributed by atoms with Crippen molar-refractivity contribution in [3.8, 4) is 0 Å². The van der Waals surface area contributed by atoms with Crippen LogP contribution in [-0.4, -0.2) is 12.1 Å². The summed E-state index contributed by atoms with van der Waals surface area (Å²) in [6.45, 7) is 1.68. The van der Waals surface area contributed by atoms with Crippen molar-refractivity contribution in [3.63, 3.8) is 0 Å². The molecule has 3 heteroatoms. The molecule has 1 aliphatic carbocycles. The molecule has 0 spiro atoms. The molecule has 0 atom stereocenters. The minimum Gasteiger partial charge on any atom is -0.459 e. The summed E-state index contributed by atoms with van der Waals surface area (Å²) < 4.78 is 5.13. The highest BCUT2D eigenvalue weighted by Crippen LogP contribution is 2.20. The highest BCUT2D eigenvalue weighted by Gasteiger charge is 2.17. The molecule has 0 radical (unpaired) electrons. The predicted octanol–water partition coefficient (Wildman–Crippen LogP) is 1.33. The summed E-state index contributed by atoms with van der Waals surface area (Å²) in [6, 6.07) is 0. The van der Waals surface area contributed by atoms with E-state index in [4.69, 9.17) is 10.5 Å². The van der Waals surface area contributed by atoms with E-state index >= 15 is 0 Å². The van der Waals surface area contributed by atoms with Gasteiger partial charge < -0.3 is 10.5 Å². The number of nitrogens with two attached hydrogens (primary N) is 1. The fourth-order valence-electron chi connectivity index (χ4n) is 1.39. The Balaban J connectivity index is 2.30. The number of carbonyl (C=O) groups excluding carboxylic acids is 1. The van der Waals surface area contributed by atoms with Crippen molar-refractivity contribution in [2.75, 3.05) is 0 Å². The van der Waals surface area contributed by atoms with E-state index in [1.54, 1.807) is 6.92 Å². The van der Waals surface area contributed by atoms with Crippen LogP contribution in [-0.2, 0) is 9.53 Å². The third kappa shape index (κ3) is 2.95. The van der Waals surface area contributed by atoms with Gasteiger partial charge in [0.2, 0.25) is 0 Å². The highest BCUT2D eigenvalue weighted by atomic mass is 16.5. The van der Waals surface area contributed by atoms with Crippen LogP contribution in [0.25, 0.3) is 0 Å².